The Hall–Kier alpha value is -1.60. The summed E-state index contributed by atoms with van der Waals surface area (Å²) < 4.78 is 16.4. The number of hydrogen-bond acceptors (Lipinski definition) is 5. The second-order valence-corrected chi connectivity index (χ2v) is 5.30. The second-order valence-electron chi connectivity index (χ2n) is 5.30. The van der Waals surface area contributed by atoms with Crippen molar-refractivity contribution in [3.8, 4) is 0 Å². The predicted octanol–water partition coefficient (Wildman–Crippen LogP) is 0.630. The molecule has 116 valence electrons. The van der Waals surface area contributed by atoms with Crippen molar-refractivity contribution < 1.29 is 14.0 Å². The molecule has 7 heteroatoms. The molecule has 0 radical (unpaired) electrons. The summed E-state index contributed by atoms with van der Waals surface area (Å²) in [6.07, 6.45) is 4.14. The van der Waals surface area contributed by atoms with E-state index in [-0.39, 0.29) is 12.2 Å². The van der Waals surface area contributed by atoms with Crippen molar-refractivity contribution in [3.05, 3.63) is 18.0 Å². The van der Waals surface area contributed by atoms with Crippen LogP contribution in [0.4, 0.5) is 0 Å². The summed E-state index contributed by atoms with van der Waals surface area (Å²) in [5.41, 5.74) is 0.861. The highest BCUT2D eigenvalue weighted by Gasteiger charge is 2.32. The van der Waals surface area contributed by atoms with Gasteiger partial charge in [-0.05, 0) is 12.8 Å². The molecular weight excluding hydrogens is 272 g/mol. The van der Waals surface area contributed by atoms with Gasteiger partial charge < -0.3 is 24.2 Å². The molecule has 2 saturated heterocycles. The van der Waals surface area contributed by atoms with E-state index >= 15 is 0 Å². The fourth-order valence-corrected chi connectivity index (χ4v) is 2.82. The highest BCUT2D eigenvalue weighted by atomic mass is 16.5. The zero-order valence-electron chi connectivity index (χ0n) is 12.3. The van der Waals surface area contributed by atoms with Crippen LogP contribution in [-0.2, 0) is 16.0 Å². The van der Waals surface area contributed by atoms with Crippen LogP contribution in [0.1, 0.15) is 18.5 Å². The zero-order chi connectivity index (χ0) is 14.5. The second kappa shape index (κ2) is 6.91. The van der Waals surface area contributed by atoms with Crippen molar-refractivity contribution >= 4 is 5.96 Å². The Morgan fingerprint density at radius 2 is 2.33 bits per heavy atom. The maximum absolute atomic E-state index is 5.86. The van der Waals surface area contributed by atoms with E-state index < -0.39 is 0 Å². The normalized spacial score (nSPS) is 27.1. The summed E-state index contributed by atoms with van der Waals surface area (Å²) in [6, 6.07) is 1.84. The Morgan fingerprint density at radius 3 is 3.05 bits per heavy atom. The molecule has 0 aliphatic carbocycles. The van der Waals surface area contributed by atoms with Gasteiger partial charge in [0.05, 0.1) is 19.3 Å². The van der Waals surface area contributed by atoms with Crippen molar-refractivity contribution in [2.45, 2.75) is 31.6 Å². The topological polar surface area (TPSA) is 72.1 Å². The molecule has 2 atom stereocenters. The molecule has 7 nitrogen and oxygen atoms in total. The van der Waals surface area contributed by atoms with Gasteiger partial charge in [-0.25, -0.2) is 0 Å². The smallest absolute Gasteiger partial charge is 0.194 e. The standard InChI is InChI=1S/C14H22N4O3/c1-15-14(16-9-11-4-7-21-17-11)18-5-8-20-13(10-18)12-3-2-6-19-12/h4,7,12-13H,2-3,5-6,8-10H2,1H3,(H,15,16). The van der Waals surface area contributed by atoms with E-state index in [4.69, 9.17) is 14.0 Å². The highest BCUT2D eigenvalue weighted by Crippen LogP contribution is 2.21. The number of guanidine groups is 1. The molecule has 2 aliphatic heterocycles. The minimum Gasteiger partial charge on any atom is -0.375 e. The lowest BCUT2D eigenvalue weighted by Gasteiger charge is -2.37. The lowest BCUT2D eigenvalue weighted by molar-refractivity contribution is -0.0817. The van der Waals surface area contributed by atoms with Crippen molar-refractivity contribution in [1.29, 1.82) is 0 Å². The molecule has 0 bridgehead atoms. The van der Waals surface area contributed by atoms with Gasteiger partial charge in [-0.3, -0.25) is 4.99 Å². The largest absolute Gasteiger partial charge is 0.375 e. The van der Waals surface area contributed by atoms with E-state index in [2.05, 4.69) is 20.4 Å². The first-order chi connectivity index (χ1) is 10.4. The molecule has 2 unspecified atom stereocenters. The maximum Gasteiger partial charge on any atom is 0.194 e. The summed E-state index contributed by atoms with van der Waals surface area (Å²) in [5, 5.41) is 7.20. The van der Waals surface area contributed by atoms with Crippen LogP contribution in [0.2, 0.25) is 0 Å². The van der Waals surface area contributed by atoms with Gasteiger partial charge in [0.2, 0.25) is 0 Å². The van der Waals surface area contributed by atoms with Crippen molar-refractivity contribution in [3.63, 3.8) is 0 Å². The van der Waals surface area contributed by atoms with E-state index in [1.807, 2.05) is 6.07 Å². The molecule has 0 spiro atoms. The molecule has 0 saturated carbocycles. The Balaban J connectivity index is 1.55. The first-order valence-corrected chi connectivity index (χ1v) is 7.45. The number of nitrogens with zero attached hydrogens (tertiary/aromatic N) is 3. The molecule has 1 aromatic heterocycles. The van der Waals surface area contributed by atoms with Crippen molar-refractivity contribution in [2.75, 3.05) is 33.4 Å². The highest BCUT2D eigenvalue weighted by molar-refractivity contribution is 5.79. The number of rotatable bonds is 3. The minimum absolute atomic E-state index is 0.131. The third kappa shape index (κ3) is 3.54. The summed E-state index contributed by atoms with van der Waals surface area (Å²) >= 11 is 0. The zero-order valence-corrected chi connectivity index (χ0v) is 12.3. The van der Waals surface area contributed by atoms with Crippen LogP contribution in [0.5, 0.6) is 0 Å². The molecule has 1 aromatic rings. The average Bonchev–Trinajstić information content (AvgIpc) is 3.22. The van der Waals surface area contributed by atoms with E-state index in [0.29, 0.717) is 13.2 Å². The van der Waals surface area contributed by atoms with Gasteiger partial charge >= 0.3 is 0 Å². The maximum atomic E-state index is 5.86. The van der Waals surface area contributed by atoms with Gasteiger partial charge in [0.25, 0.3) is 0 Å². The van der Waals surface area contributed by atoms with E-state index in [9.17, 15) is 0 Å². The summed E-state index contributed by atoms with van der Waals surface area (Å²) in [7, 11) is 1.79. The van der Waals surface area contributed by atoms with Crippen molar-refractivity contribution in [1.82, 2.24) is 15.4 Å². The van der Waals surface area contributed by atoms with E-state index in [1.165, 1.54) is 0 Å². The van der Waals surface area contributed by atoms with E-state index in [0.717, 1.165) is 44.2 Å². The average molecular weight is 294 g/mol. The quantitative estimate of drug-likeness (QED) is 0.651. The Kier molecular flexibility index (Phi) is 4.72. The van der Waals surface area contributed by atoms with Gasteiger partial charge in [-0.2, -0.15) is 0 Å². The van der Waals surface area contributed by atoms with Gasteiger partial charge in [-0.15, -0.1) is 0 Å². The molecule has 2 aliphatic rings. The molecule has 0 amide bonds. The van der Waals surface area contributed by atoms with Crippen LogP contribution in [0.15, 0.2) is 21.8 Å². The number of hydrogen-bond donors (Lipinski definition) is 1. The summed E-state index contributed by atoms with van der Waals surface area (Å²) in [4.78, 5) is 6.57. The molecule has 3 heterocycles. The molecule has 3 rings (SSSR count). The van der Waals surface area contributed by atoms with Crippen molar-refractivity contribution in [2.24, 2.45) is 4.99 Å². The third-order valence-corrected chi connectivity index (χ3v) is 3.90. The molecule has 21 heavy (non-hydrogen) atoms. The van der Waals surface area contributed by atoms with Crippen LogP contribution in [0, 0.1) is 0 Å². The number of ether oxygens (including phenoxy) is 2. The molecule has 1 N–H and O–H groups in total. The van der Waals surface area contributed by atoms with Gasteiger partial charge in [0.15, 0.2) is 5.96 Å². The number of nitrogens with one attached hydrogen (secondary N) is 1. The SMILES string of the molecule is CN=C(NCc1ccon1)N1CCOC(C2CCCO2)C1. The summed E-state index contributed by atoms with van der Waals surface area (Å²) in [6.45, 7) is 3.80. The monoisotopic (exact) mass is 294 g/mol. The van der Waals surface area contributed by atoms with E-state index in [1.54, 1.807) is 13.3 Å². The Labute approximate surface area is 124 Å². The third-order valence-electron chi connectivity index (χ3n) is 3.90. The summed E-state index contributed by atoms with van der Waals surface area (Å²) in [5.74, 6) is 0.865. The Morgan fingerprint density at radius 1 is 1.43 bits per heavy atom. The first kappa shape index (κ1) is 14.3. The molecular formula is C14H22N4O3. The fraction of sp³-hybridized carbons (Fsp3) is 0.714. The van der Waals surface area contributed by atoms with Crippen LogP contribution in [0.3, 0.4) is 0 Å². The number of aliphatic imine (C=N–C) groups is 1. The molecule has 0 aromatic carbocycles. The van der Waals surface area contributed by atoms with Gasteiger partial charge in [0, 0.05) is 32.8 Å². The lowest BCUT2D eigenvalue weighted by Crippen LogP contribution is -2.53. The van der Waals surface area contributed by atoms with Crippen LogP contribution in [-0.4, -0.2) is 61.6 Å². The van der Waals surface area contributed by atoms with Crippen LogP contribution in [0.25, 0.3) is 0 Å². The number of morpholine rings is 1. The van der Waals surface area contributed by atoms with Gasteiger partial charge in [0.1, 0.15) is 18.1 Å². The van der Waals surface area contributed by atoms with Crippen LogP contribution < -0.4 is 5.32 Å². The fourth-order valence-electron chi connectivity index (χ4n) is 2.82. The Bertz CT molecular complexity index is 457. The van der Waals surface area contributed by atoms with Gasteiger partial charge in [-0.1, -0.05) is 5.16 Å². The minimum atomic E-state index is 0.131. The first-order valence-electron chi connectivity index (χ1n) is 7.45. The predicted molar refractivity (Wildman–Crippen MR) is 77.0 cm³/mol. The number of aromatic nitrogens is 1. The van der Waals surface area contributed by atoms with Crippen LogP contribution >= 0.6 is 0 Å². The molecule has 2 fully saturated rings. The lowest BCUT2D eigenvalue weighted by atomic mass is 10.1.